The monoisotopic (exact) mass is 399 g/mol. The molecule has 148 valence electrons. The van der Waals surface area contributed by atoms with Gasteiger partial charge in [0.25, 0.3) is 5.91 Å². The van der Waals surface area contributed by atoms with Gasteiger partial charge in [-0.3, -0.25) is 14.7 Å². The maximum Gasteiger partial charge on any atom is 0.254 e. The number of rotatable bonds is 3. The van der Waals surface area contributed by atoms with Crippen molar-refractivity contribution in [3.8, 4) is 0 Å². The van der Waals surface area contributed by atoms with Crippen LogP contribution in [-0.2, 0) is 9.84 Å². The molecule has 1 atom stereocenters. The summed E-state index contributed by atoms with van der Waals surface area (Å²) in [6.45, 7) is 2.77. The van der Waals surface area contributed by atoms with Crippen LogP contribution in [0, 0.1) is 0 Å². The van der Waals surface area contributed by atoms with E-state index in [-0.39, 0.29) is 17.7 Å². The number of carbonyl (C=O) groups is 1. The van der Waals surface area contributed by atoms with Crippen LogP contribution >= 0.6 is 0 Å². The molecule has 3 fully saturated rings. The molecule has 0 N–H and O–H groups in total. The Labute approximate surface area is 165 Å². The zero-order valence-corrected chi connectivity index (χ0v) is 16.7. The van der Waals surface area contributed by atoms with Crippen LogP contribution in [-0.4, -0.2) is 72.8 Å². The molecular weight excluding hydrogens is 374 g/mol. The summed E-state index contributed by atoms with van der Waals surface area (Å²) in [5.74, 6) is 1.13. The molecule has 7 heteroatoms. The molecule has 0 radical (unpaired) electrons. The summed E-state index contributed by atoms with van der Waals surface area (Å²) in [5.41, 5.74) is 2.69. The Bertz CT molecular complexity index is 1020. The van der Waals surface area contributed by atoms with Gasteiger partial charge in [0.2, 0.25) is 0 Å². The van der Waals surface area contributed by atoms with Crippen molar-refractivity contribution in [2.75, 3.05) is 37.7 Å². The number of hydrogen-bond acceptors (Lipinski definition) is 5. The summed E-state index contributed by atoms with van der Waals surface area (Å²) in [7, 11) is -2.88. The molecular formula is C21H25N3O3S. The van der Waals surface area contributed by atoms with Crippen LogP contribution in [0.3, 0.4) is 0 Å². The summed E-state index contributed by atoms with van der Waals surface area (Å²) >= 11 is 0. The number of pyridine rings is 1. The highest BCUT2D eigenvalue weighted by atomic mass is 32.2. The Morgan fingerprint density at radius 1 is 1.04 bits per heavy atom. The van der Waals surface area contributed by atoms with E-state index in [2.05, 4.69) is 4.90 Å². The van der Waals surface area contributed by atoms with E-state index in [1.54, 1.807) is 0 Å². The summed E-state index contributed by atoms with van der Waals surface area (Å²) in [4.78, 5) is 22.3. The van der Waals surface area contributed by atoms with Gasteiger partial charge < -0.3 is 4.90 Å². The van der Waals surface area contributed by atoms with Crippen molar-refractivity contribution in [2.45, 2.75) is 31.2 Å². The van der Waals surface area contributed by atoms with Crippen molar-refractivity contribution < 1.29 is 13.2 Å². The van der Waals surface area contributed by atoms with Gasteiger partial charge in [0.1, 0.15) is 0 Å². The van der Waals surface area contributed by atoms with E-state index in [1.165, 1.54) is 0 Å². The molecule has 1 amide bonds. The van der Waals surface area contributed by atoms with Crippen molar-refractivity contribution in [1.29, 1.82) is 0 Å². The molecule has 3 aliphatic rings. The quantitative estimate of drug-likeness (QED) is 0.790. The van der Waals surface area contributed by atoms with E-state index in [1.807, 2.05) is 35.2 Å². The number of fused-ring (bicyclic) bond motifs is 1. The molecule has 1 aliphatic carbocycles. The zero-order valence-electron chi connectivity index (χ0n) is 15.9. The Balaban J connectivity index is 1.35. The average Bonchev–Trinajstić information content (AvgIpc) is 3.49. The minimum absolute atomic E-state index is 0.0687. The number of hydrogen-bond donors (Lipinski definition) is 0. The van der Waals surface area contributed by atoms with Crippen LogP contribution in [0.5, 0.6) is 0 Å². The highest BCUT2D eigenvalue weighted by Crippen LogP contribution is 2.40. The molecule has 1 aromatic heterocycles. The number of nitrogens with zero attached hydrogens (tertiary/aromatic N) is 3. The van der Waals surface area contributed by atoms with Crippen LogP contribution in [0.4, 0.5) is 0 Å². The van der Waals surface area contributed by atoms with Gasteiger partial charge in [-0.1, -0.05) is 18.2 Å². The number of aromatic nitrogens is 1. The van der Waals surface area contributed by atoms with Crippen LogP contribution in [0.1, 0.15) is 41.2 Å². The maximum absolute atomic E-state index is 13.3. The van der Waals surface area contributed by atoms with E-state index in [0.717, 1.165) is 54.5 Å². The van der Waals surface area contributed by atoms with E-state index >= 15 is 0 Å². The first-order valence-electron chi connectivity index (χ1n) is 10.1. The highest BCUT2D eigenvalue weighted by Gasteiger charge is 2.35. The van der Waals surface area contributed by atoms with Gasteiger partial charge in [-0.2, -0.15) is 0 Å². The lowest BCUT2D eigenvalue weighted by molar-refractivity contribution is 0.0589. The fraction of sp³-hybridized carbons (Fsp3) is 0.524. The fourth-order valence-electron chi connectivity index (χ4n) is 4.48. The molecule has 0 spiro atoms. The normalized spacial score (nSPS) is 25.3. The lowest BCUT2D eigenvalue weighted by Crippen LogP contribution is -2.52. The fourth-order valence-corrected chi connectivity index (χ4v) is 6.25. The number of piperazine rings is 1. The second-order valence-corrected chi connectivity index (χ2v) is 10.5. The predicted octanol–water partition coefficient (Wildman–Crippen LogP) is 2.06. The number of amides is 1. The molecule has 2 aliphatic heterocycles. The van der Waals surface area contributed by atoms with Crippen molar-refractivity contribution >= 4 is 26.6 Å². The molecule has 2 saturated heterocycles. The second-order valence-electron chi connectivity index (χ2n) is 8.27. The molecule has 3 heterocycles. The van der Waals surface area contributed by atoms with Crippen molar-refractivity contribution in [3.63, 3.8) is 0 Å². The highest BCUT2D eigenvalue weighted by molar-refractivity contribution is 7.91. The molecule has 1 unspecified atom stereocenters. The van der Waals surface area contributed by atoms with E-state index in [0.29, 0.717) is 24.8 Å². The predicted molar refractivity (Wildman–Crippen MR) is 108 cm³/mol. The van der Waals surface area contributed by atoms with Gasteiger partial charge >= 0.3 is 0 Å². The molecule has 2 aromatic rings. The third-order valence-electron chi connectivity index (χ3n) is 6.29. The van der Waals surface area contributed by atoms with Crippen molar-refractivity contribution in [3.05, 3.63) is 41.6 Å². The van der Waals surface area contributed by atoms with Crippen LogP contribution in [0.25, 0.3) is 10.9 Å². The third kappa shape index (κ3) is 3.42. The van der Waals surface area contributed by atoms with E-state index in [4.69, 9.17) is 4.98 Å². The Morgan fingerprint density at radius 3 is 2.46 bits per heavy atom. The largest absolute Gasteiger partial charge is 0.336 e. The molecule has 0 bridgehead atoms. The lowest BCUT2D eigenvalue weighted by Gasteiger charge is -2.37. The van der Waals surface area contributed by atoms with E-state index < -0.39 is 9.84 Å². The first-order chi connectivity index (χ1) is 13.5. The van der Waals surface area contributed by atoms with Gasteiger partial charge in [-0.05, 0) is 31.4 Å². The number of para-hydroxylation sites is 1. The second kappa shape index (κ2) is 6.81. The minimum Gasteiger partial charge on any atom is -0.336 e. The Morgan fingerprint density at radius 2 is 1.79 bits per heavy atom. The summed E-state index contributed by atoms with van der Waals surface area (Å²) < 4.78 is 23.5. The summed E-state index contributed by atoms with van der Waals surface area (Å²) in [6.07, 6.45) is 3.03. The minimum atomic E-state index is -2.88. The third-order valence-corrected chi connectivity index (χ3v) is 8.04. The number of benzene rings is 1. The van der Waals surface area contributed by atoms with Gasteiger partial charge in [0.15, 0.2) is 9.84 Å². The van der Waals surface area contributed by atoms with Gasteiger partial charge in [-0.25, -0.2) is 8.42 Å². The molecule has 28 heavy (non-hydrogen) atoms. The number of carbonyl (C=O) groups excluding carboxylic acids is 1. The standard InChI is InChI=1S/C21H25N3O3S/c25-21(24-10-8-23(9-11-24)16-7-12-28(26,27)14-16)18-13-20(15-5-6-15)22-19-4-2-1-3-17(18)19/h1-4,13,15-16H,5-12,14H2. The zero-order chi connectivity index (χ0) is 19.3. The van der Waals surface area contributed by atoms with Gasteiger partial charge in [-0.15, -0.1) is 0 Å². The number of sulfone groups is 1. The topological polar surface area (TPSA) is 70.6 Å². The van der Waals surface area contributed by atoms with Crippen LogP contribution in [0.2, 0.25) is 0 Å². The van der Waals surface area contributed by atoms with Crippen LogP contribution < -0.4 is 0 Å². The first-order valence-corrected chi connectivity index (χ1v) is 12.0. The summed E-state index contributed by atoms with van der Waals surface area (Å²) in [6, 6.07) is 10.00. The van der Waals surface area contributed by atoms with Gasteiger partial charge in [0, 0.05) is 49.2 Å². The van der Waals surface area contributed by atoms with Gasteiger partial charge in [0.05, 0.1) is 22.6 Å². The maximum atomic E-state index is 13.3. The first kappa shape index (κ1) is 18.1. The van der Waals surface area contributed by atoms with Crippen molar-refractivity contribution in [2.24, 2.45) is 0 Å². The SMILES string of the molecule is O=C(c1cc(C2CC2)nc2ccccc12)N1CCN(C2CCS(=O)(=O)C2)CC1. The molecule has 1 saturated carbocycles. The Hall–Kier alpha value is -1.99. The molecule has 1 aromatic carbocycles. The van der Waals surface area contributed by atoms with Crippen LogP contribution in [0.15, 0.2) is 30.3 Å². The van der Waals surface area contributed by atoms with Crippen molar-refractivity contribution in [1.82, 2.24) is 14.8 Å². The average molecular weight is 400 g/mol. The lowest BCUT2D eigenvalue weighted by atomic mass is 10.0. The summed E-state index contributed by atoms with van der Waals surface area (Å²) in [5, 5.41) is 0.918. The molecule has 6 nitrogen and oxygen atoms in total. The smallest absolute Gasteiger partial charge is 0.254 e. The molecule has 5 rings (SSSR count). The van der Waals surface area contributed by atoms with E-state index in [9.17, 15) is 13.2 Å². The Kier molecular flexibility index (Phi) is 4.39.